The van der Waals surface area contributed by atoms with Gasteiger partial charge in [0.2, 0.25) is 0 Å². The molecule has 2 N–H and O–H groups in total. The van der Waals surface area contributed by atoms with E-state index in [2.05, 4.69) is 4.98 Å². The van der Waals surface area contributed by atoms with Crippen molar-refractivity contribution in [3.63, 3.8) is 0 Å². The van der Waals surface area contributed by atoms with E-state index in [0.29, 0.717) is 19.8 Å². The Balaban J connectivity index is 2.15. The lowest BCUT2D eigenvalue weighted by Crippen LogP contribution is -1.99. The minimum absolute atomic E-state index is 0.449. The zero-order valence-corrected chi connectivity index (χ0v) is 9.48. The topological polar surface area (TPSA) is 57.4 Å². The number of aromatic nitrogens is 1. The fourth-order valence-corrected chi connectivity index (χ4v) is 1.94. The zero-order chi connectivity index (χ0) is 11.7. The highest BCUT2D eigenvalue weighted by atomic mass is 16.5. The van der Waals surface area contributed by atoms with Gasteiger partial charge in [0, 0.05) is 24.4 Å². The molecule has 17 heavy (non-hydrogen) atoms. The molecule has 88 valence electrons. The molecule has 0 aliphatic carbocycles. The van der Waals surface area contributed by atoms with Crippen LogP contribution in [0, 0.1) is 0 Å². The van der Waals surface area contributed by atoms with E-state index in [1.54, 1.807) is 0 Å². The average molecular weight is 230 g/mol. The summed E-state index contributed by atoms with van der Waals surface area (Å²) in [6.07, 6.45) is 0.909. The molecule has 0 unspecified atom stereocenters. The molecule has 3 rings (SSSR count). The van der Waals surface area contributed by atoms with E-state index in [-0.39, 0.29) is 0 Å². The highest BCUT2D eigenvalue weighted by Gasteiger charge is 2.12. The minimum atomic E-state index is 0.449. The van der Waals surface area contributed by atoms with Crippen molar-refractivity contribution in [2.75, 3.05) is 13.2 Å². The molecule has 1 aliphatic rings. The first-order valence-corrected chi connectivity index (χ1v) is 5.76. The van der Waals surface area contributed by atoms with Crippen molar-refractivity contribution in [2.45, 2.75) is 13.0 Å². The molecule has 0 saturated heterocycles. The molecule has 1 aliphatic heterocycles. The first-order chi connectivity index (χ1) is 8.36. The van der Waals surface area contributed by atoms with Gasteiger partial charge >= 0.3 is 0 Å². The third-order valence-corrected chi connectivity index (χ3v) is 2.83. The molecule has 0 bridgehead atoms. The number of nitrogens with zero attached hydrogens (tertiary/aromatic N) is 1. The summed E-state index contributed by atoms with van der Waals surface area (Å²) in [6.45, 7) is 1.84. The molecule has 1 aromatic heterocycles. The Kier molecular flexibility index (Phi) is 2.57. The van der Waals surface area contributed by atoms with Gasteiger partial charge < -0.3 is 15.2 Å². The van der Waals surface area contributed by atoms with Gasteiger partial charge in [-0.25, -0.2) is 0 Å². The maximum Gasteiger partial charge on any atom is 0.163 e. The summed E-state index contributed by atoms with van der Waals surface area (Å²) in [5.74, 6) is 1.58. The summed E-state index contributed by atoms with van der Waals surface area (Å²) in [5, 5.41) is 1.05. The quantitative estimate of drug-likeness (QED) is 0.812. The Morgan fingerprint density at radius 3 is 2.65 bits per heavy atom. The van der Waals surface area contributed by atoms with Gasteiger partial charge in [0.05, 0.1) is 24.4 Å². The Morgan fingerprint density at radius 2 is 1.88 bits per heavy atom. The third-order valence-electron chi connectivity index (χ3n) is 2.83. The van der Waals surface area contributed by atoms with E-state index in [9.17, 15) is 0 Å². The van der Waals surface area contributed by atoms with Gasteiger partial charge in [-0.15, -0.1) is 0 Å². The number of benzene rings is 1. The van der Waals surface area contributed by atoms with E-state index in [1.807, 2.05) is 24.3 Å². The van der Waals surface area contributed by atoms with E-state index in [1.165, 1.54) is 0 Å². The first-order valence-electron chi connectivity index (χ1n) is 5.76. The number of hydrogen-bond acceptors (Lipinski definition) is 4. The molecule has 0 spiro atoms. The second-order valence-corrected chi connectivity index (χ2v) is 4.05. The lowest BCUT2D eigenvalue weighted by molar-refractivity contribution is 0.297. The van der Waals surface area contributed by atoms with Gasteiger partial charge in [0.25, 0.3) is 0 Å². The monoisotopic (exact) mass is 230 g/mol. The maximum absolute atomic E-state index is 5.64. The van der Waals surface area contributed by atoms with Gasteiger partial charge in [-0.3, -0.25) is 4.98 Å². The van der Waals surface area contributed by atoms with Crippen molar-refractivity contribution in [3.8, 4) is 11.5 Å². The summed E-state index contributed by atoms with van der Waals surface area (Å²) in [4.78, 5) is 4.47. The van der Waals surface area contributed by atoms with Crippen LogP contribution < -0.4 is 15.2 Å². The van der Waals surface area contributed by atoms with Gasteiger partial charge in [-0.2, -0.15) is 0 Å². The van der Waals surface area contributed by atoms with Crippen LogP contribution >= 0.6 is 0 Å². The van der Waals surface area contributed by atoms with Gasteiger partial charge in [-0.05, 0) is 12.1 Å². The molecule has 0 fully saturated rings. The molecular formula is C13H14N2O2. The van der Waals surface area contributed by atoms with Crippen LogP contribution in [0.15, 0.2) is 24.3 Å². The van der Waals surface area contributed by atoms with Crippen LogP contribution in [-0.2, 0) is 6.54 Å². The standard InChI is InChI=1S/C13H14N2O2/c14-8-10-3-2-9-6-12-13(7-11(9)15-10)17-5-1-4-16-12/h2-3,6-7H,1,4-5,8,14H2. The molecule has 0 radical (unpaired) electrons. The number of hydrogen-bond donors (Lipinski definition) is 1. The number of pyridine rings is 1. The van der Waals surface area contributed by atoms with Gasteiger partial charge in [-0.1, -0.05) is 6.07 Å². The number of fused-ring (bicyclic) bond motifs is 2. The third kappa shape index (κ3) is 1.91. The molecule has 4 nitrogen and oxygen atoms in total. The second-order valence-electron chi connectivity index (χ2n) is 4.05. The fourth-order valence-electron chi connectivity index (χ4n) is 1.94. The van der Waals surface area contributed by atoms with Crippen molar-refractivity contribution < 1.29 is 9.47 Å². The molecule has 4 heteroatoms. The van der Waals surface area contributed by atoms with Gasteiger partial charge in [0.1, 0.15) is 0 Å². The zero-order valence-electron chi connectivity index (χ0n) is 9.48. The summed E-state index contributed by atoms with van der Waals surface area (Å²) in [6, 6.07) is 7.85. The van der Waals surface area contributed by atoms with Gasteiger partial charge in [0.15, 0.2) is 11.5 Å². The largest absolute Gasteiger partial charge is 0.490 e. The first kappa shape index (κ1) is 10.4. The smallest absolute Gasteiger partial charge is 0.163 e. The van der Waals surface area contributed by atoms with Crippen LogP contribution in [0.2, 0.25) is 0 Å². The predicted octanol–water partition coefficient (Wildman–Crippen LogP) is 1.85. The van der Waals surface area contributed by atoms with Crippen LogP contribution in [0.25, 0.3) is 10.9 Å². The fraction of sp³-hybridized carbons (Fsp3) is 0.308. The SMILES string of the molecule is NCc1ccc2cc3c(cc2n1)OCCCO3. The maximum atomic E-state index is 5.64. The number of ether oxygens (including phenoxy) is 2. The van der Waals surface area contributed by atoms with Crippen LogP contribution in [0.3, 0.4) is 0 Å². The Bertz CT molecular complexity index is 554. The normalized spacial score (nSPS) is 14.6. The van der Waals surface area contributed by atoms with Crippen LogP contribution in [0.1, 0.15) is 12.1 Å². The molecule has 2 aromatic rings. The highest BCUT2D eigenvalue weighted by Crippen LogP contribution is 2.33. The van der Waals surface area contributed by atoms with E-state index < -0.39 is 0 Å². The molecule has 0 amide bonds. The number of nitrogens with two attached hydrogens (primary N) is 1. The van der Waals surface area contributed by atoms with E-state index >= 15 is 0 Å². The Hall–Kier alpha value is -1.81. The van der Waals surface area contributed by atoms with Crippen molar-refractivity contribution in [1.82, 2.24) is 4.98 Å². The lowest BCUT2D eigenvalue weighted by atomic mass is 10.2. The van der Waals surface area contributed by atoms with E-state index in [0.717, 1.165) is 34.5 Å². The summed E-state index contributed by atoms with van der Waals surface area (Å²) in [7, 11) is 0. The van der Waals surface area contributed by atoms with E-state index in [4.69, 9.17) is 15.2 Å². The van der Waals surface area contributed by atoms with Crippen LogP contribution in [-0.4, -0.2) is 18.2 Å². The molecule has 0 saturated carbocycles. The van der Waals surface area contributed by atoms with Crippen molar-refractivity contribution in [2.24, 2.45) is 5.73 Å². The highest BCUT2D eigenvalue weighted by molar-refractivity contribution is 5.82. The van der Waals surface area contributed by atoms with Crippen molar-refractivity contribution in [1.29, 1.82) is 0 Å². The summed E-state index contributed by atoms with van der Waals surface area (Å²) < 4.78 is 11.3. The Labute approximate surface area is 99.4 Å². The Morgan fingerprint density at radius 1 is 1.12 bits per heavy atom. The molecular weight excluding hydrogens is 216 g/mol. The molecule has 2 heterocycles. The number of rotatable bonds is 1. The molecule has 1 aromatic carbocycles. The van der Waals surface area contributed by atoms with Crippen molar-refractivity contribution in [3.05, 3.63) is 30.0 Å². The predicted molar refractivity (Wildman–Crippen MR) is 65.2 cm³/mol. The minimum Gasteiger partial charge on any atom is -0.490 e. The average Bonchev–Trinajstić information content (AvgIpc) is 2.60. The lowest BCUT2D eigenvalue weighted by Gasteiger charge is -2.09. The molecule has 0 atom stereocenters. The second kappa shape index (κ2) is 4.22. The van der Waals surface area contributed by atoms with Crippen LogP contribution in [0.4, 0.5) is 0 Å². The summed E-state index contributed by atoms with van der Waals surface area (Å²) in [5.41, 5.74) is 7.37. The summed E-state index contributed by atoms with van der Waals surface area (Å²) >= 11 is 0. The van der Waals surface area contributed by atoms with Crippen molar-refractivity contribution >= 4 is 10.9 Å². The van der Waals surface area contributed by atoms with Crippen LogP contribution in [0.5, 0.6) is 11.5 Å².